The lowest BCUT2D eigenvalue weighted by Gasteiger charge is -2.23. The Morgan fingerprint density at radius 2 is 1.50 bits per heavy atom. The first-order valence-electron chi connectivity index (χ1n) is 7.47. The largest absolute Gasteiger partial charge is 0.461 e. The van der Waals surface area contributed by atoms with Gasteiger partial charge in [-0.2, -0.15) is 0 Å². The van der Waals surface area contributed by atoms with E-state index >= 15 is 0 Å². The summed E-state index contributed by atoms with van der Waals surface area (Å²) in [6.07, 6.45) is 0. The third kappa shape index (κ3) is 3.93. The molecule has 1 rings (SSSR count). The number of carbonyl (C=O) groups excluding carboxylic acids is 2. The van der Waals surface area contributed by atoms with Crippen LogP contribution in [0.4, 0.5) is 5.82 Å². The zero-order valence-electron chi connectivity index (χ0n) is 13.8. The third-order valence-electron chi connectivity index (χ3n) is 3.11. The van der Waals surface area contributed by atoms with Gasteiger partial charge in [0, 0.05) is 18.7 Å². The van der Waals surface area contributed by atoms with Crippen molar-refractivity contribution in [1.82, 2.24) is 9.97 Å². The first-order valence-corrected chi connectivity index (χ1v) is 7.47. The van der Waals surface area contributed by atoms with E-state index in [9.17, 15) is 9.59 Å². The molecule has 0 aliphatic carbocycles. The molecular weight excluding hydrogens is 286 g/mol. The fraction of sp³-hybridized carbons (Fsp3) is 0.600. The summed E-state index contributed by atoms with van der Waals surface area (Å²) >= 11 is 0. The summed E-state index contributed by atoms with van der Waals surface area (Å²) in [7, 11) is 0. The average Bonchev–Trinajstić information content (AvgIpc) is 2.50. The number of ether oxygens (including phenoxy) is 2. The fourth-order valence-electron chi connectivity index (χ4n) is 2.02. The molecule has 0 N–H and O–H groups in total. The molecule has 1 aromatic rings. The van der Waals surface area contributed by atoms with Gasteiger partial charge in [0.2, 0.25) is 5.82 Å². The summed E-state index contributed by atoms with van der Waals surface area (Å²) in [5.74, 6) is -0.800. The van der Waals surface area contributed by atoms with Crippen molar-refractivity contribution >= 4 is 17.8 Å². The molecule has 0 unspecified atom stereocenters. The van der Waals surface area contributed by atoms with E-state index in [1.807, 2.05) is 18.7 Å². The van der Waals surface area contributed by atoms with Gasteiger partial charge in [-0.25, -0.2) is 19.6 Å². The molecule has 7 heteroatoms. The van der Waals surface area contributed by atoms with Gasteiger partial charge >= 0.3 is 11.9 Å². The van der Waals surface area contributed by atoms with Crippen LogP contribution in [0.1, 0.15) is 54.4 Å². The number of hydrogen-bond acceptors (Lipinski definition) is 7. The van der Waals surface area contributed by atoms with Crippen molar-refractivity contribution in [2.75, 3.05) is 31.2 Å². The van der Waals surface area contributed by atoms with E-state index in [-0.39, 0.29) is 24.7 Å². The molecule has 0 aliphatic heterocycles. The third-order valence-corrected chi connectivity index (χ3v) is 3.11. The molecule has 1 aromatic heterocycles. The van der Waals surface area contributed by atoms with Crippen LogP contribution in [0.3, 0.4) is 0 Å². The van der Waals surface area contributed by atoms with E-state index in [1.165, 1.54) is 0 Å². The Morgan fingerprint density at radius 3 is 2.00 bits per heavy atom. The first-order chi connectivity index (χ1) is 10.5. The summed E-state index contributed by atoms with van der Waals surface area (Å²) in [6, 6.07) is 0. The minimum Gasteiger partial charge on any atom is -0.461 e. The SMILES string of the molecule is CCOC(=O)c1nc(C(=O)OCC)c(C)c(N(CC)CC)n1. The molecule has 0 amide bonds. The van der Waals surface area contributed by atoms with Gasteiger partial charge < -0.3 is 14.4 Å². The van der Waals surface area contributed by atoms with Crippen LogP contribution in [-0.4, -0.2) is 48.2 Å². The summed E-state index contributed by atoms with van der Waals surface area (Å²) in [5.41, 5.74) is 0.692. The van der Waals surface area contributed by atoms with Gasteiger partial charge in [-0.1, -0.05) is 0 Å². The molecule has 22 heavy (non-hydrogen) atoms. The number of rotatable bonds is 7. The van der Waals surface area contributed by atoms with E-state index in [0.29, 0.717) is 24.5 Å². The molecule has 0 fully saturated rings. The van der Waals surface area contributed by atoms with Crippen molar-refractivity contribution in [2.24, 2.45) is 0 Å². The number of carbonyl (C=O) groups is 2. The summed E-state index contributed by atoms with van der Waals surface area (Å²) in [4.78, 5) is 34.2. The minimum atomic E-state index is -0.651. The van der Waals surface area contributed by atoms with E-state index in [4.69, 9.17) is 9.47 Å². The van der Waals surface area contributed by atoms with Crippen LogP contribution in [0, 0.1) is 6.92 Å². The maximum absolute atomic E-state index is 12.1. The van der Waals surface area contributed by atoms with Gasteiger partial charge in [-0.05, 0) is 34.6 Å². The molecule has 0 aliphatic rings. The van der Waals surface area contributed by atoms with Gasteiger partial charge in [0.25, 0.3) is 0 Å². The molecule has 7 nitrogen and oxygen atoms in total. The topological polar surface area (TPSA) is 81.6 Å². The van der Waals surface area contributed by atoms with Crippen LogP contribution >= 0.6 is 0 Å². The second kappa shape index (κ2) is 8.31. The quantitative estimate of drug-likeness (QED) is 0.712. The van der Waals surface area contributed by atoms with Crippen molar-refractivity contribution < 1.29 is 19.1 Å². The van der Waals surface area contributed by atoms with Gasteiger partial charge in [0.15, 0.2) is 5.69 Å². The lowest BCUT2D eigenvalue weighted by atomic mass is 10.2. The Morgan fingerprint density at radius 1 is 0.955 bits per heavy atom. The smallest absolute Gasteiger partial charge is 0.376 e. The maximum atomic E-state index is 12.1. The Hall–Kier alpha value is -2.18. The molecule has 0 radical (unpaired) electrons. The predicted molar refractivity (Wildman–Crippen MR) is 82.2 cm³/mol. The summed E-state index contributed by atoms with van der Waals surface area (Å²) < 4.78 is 9.94. The van der Waals surface area contributed by atoms with Crippen LogP contribution in [0.2, 0.25) is 0 Å². The zero-order chi connectivity index (χ0) is 16.7. The van der Waals surface area contributed by atoms with Crippen molar-refractivity contribution in [1.29, 1.82) is 0 Å². The van der Waals surface area contributed by atoms with Gasteiger partial charge in [0.1, 0.15) is 5.82 Å². The fourth-order valence-corrected chi connectivity index (χ4v) is 2.02. The zero-order valence-corrected chi connectivity index (χ0v) is 13.8. The Balaban J connectivity index is 3.42. The molecule has 0 atom stereocenters. The predicted octanol–water partition coefficient (Wildman–Crippen LogP) is 1.98. The maximum Gasteiger partial charge on any atom is 0.376 e. The minimum absolute atomic E-state index is 0.0989. The number of anilines is 1. The first kappa shape index (κ1) is 17.9. The van der Waals surface area contributed by atoms with Gasteiger partial charge in [0.05, 0.1) is 13.2 Å². The highest BCUT2D eigenvalue weighted by Gasteiger charge is 2.23. The Kier molecular flexibility index (Phi) is 6.75. The van der Waals surface area contributed by atoms with Crippen LogP contribution in [0.5, 0.6) is 0 Å². The lowest BCUT2D eigenvalue weighted by molar-refractivity contribution is 0.0505. The highest BCUT2D eigenvalue weighted by Crippen LogP contribution is 2.21. The van der Waals surface area contributed by atoms with E-state index in [0.717, 1.165) is 0 Å². The van der Waals surface area contributed by atoms with E-state index < -0.39 is 11.9 Å². The van der Waals surface area contributed by atoms with Crippen LogP contribution in [-0.2, 0) is 9.47 Å². The Bertz CT molecular complexity index is 542. The molecule has 0 saturated carbocycles. The van der Waals surface area contributed by atoms with Crippen molar-refractivity contribution in [3.63, 3.8) is 0 Å². The molecule has 0 spiro atoms. The second-order valence-corrected chi connectivity index (χ2v) is 4.46. The number of esters is 2. The van der Waals surface area contributed by atoms with E-state index in [2.05, 4.69) is 9.97 Å². The van der Waals surface area contributed by atoms with Gasteiger partial charge in [-0.3, -0.25) is 0 Å². The molecule has 122 valence electrons. The summed E-state index contributed by atoms with van der Waals surface area (Å²) in [6.45, 7) is 10.9. The van der Waals surface area contributed by atoms with Crippen molar-refractivity contribution in [3.05, 3.63) is 17.1 Å². The highest BCUT2D eigenvalue weighted by molar-refractivity contribution is 5.93. The standard InChI is InChI=1S/C15H23N3O4/c1-6-18(7-2)13-10(5)11(14(19)21-8-3)16-12(17-13)15(20)22-9-4/h6-9H2,1-5H3. The van der Waals surface area contributed by atoms with Crippen molar-refractivity contribution in [3.8, 4) is 0 Å². The van der Waals surface area contributed by atoms with Gasteiger partial charge in [-0.15, -0.1) is 0 Å². The lowest BCUT2D eigenvalue weighted by Crippen LogP contribution is -2.27. The monoisotopic (exact) mass is 309 g/mol. The summed E-state index contributed by atoms with van der Waals surface area (Å²) in [5, 5.41) is 0. The molecule has 1 heterocycles. The molecule has 0 bridgehead atoms. The van der Waals surface area contributed by atoms with E-state index in [1.54, 1.807) is 20.8 Å². The number of aromatic nitrogens is 2. The molecular formula is C15H23N3O4. The molecule has 0 saturated heterocycles. The average molecular weight is 309 g/mol. The van der Waals surface area contributed by atoms with Crippen LogP contribution in [0.15, 0.2) is 0 Å². The second-order valence-electron chi connectivity index (χ2n) is 4.46. The number of nitrogens with zero attached hydrogens (tertiary/aromatic N) is 3. The van der Waals surface area contributed by atoms with Crippen molar-refractivity contribution in [2.45, 2.75) is 34.6 Å². The van der Waals surface area contributed by atoms with Crippen LogP contribution < -0.4 is 4.90 Å². The Labute approximate surface area is 130 Å². The highest BCUT2D eigenvalue weighted by atomic mass is 16.5. The number of hydrogen-bond donors (Lipinski definition) is 0. The normalized spacial score (nSPS) is 10.2. The molecule has 0 aromatic carbocycles. The van der Waals surface area contributed by atoms with Crippen LogP contribution in [0.25, 0.3) is 0 Å².